The molecule has 0 radical (unpaired) electrons. The lowest BCUT2D eigenvalue weighted by atomic mass is 10.2. The van der Waals surface area contributed by atoms with Gasteiger partial charge in [0.05, 0.1) is 0 Å². The number of amides is 1. The first kappa shape index (κ1) is 26.4. The van der Waals surface area contributed by atoms with E-state index in [1.54, 1.807) is 0 Å². The Bertz CT molecular complexity index is 610. The van der Waals surface area contributed by atoms with Crippen LogP contribution >= 0.6 is 0 Å². The van der Waals surface area contributed by atoms with Crippen molar-refractivity contribution in [3.8, 4) is 0 Å². The fourth-order valence-corrected chi connectivity index (χ4v) is 2.23. The Morgan fingerprint density at radius 2 is 1.10 bits per heavy atom. The van der Waals surface area contributed by atoms with Gasteiger partial charge in [-0.3, -0.25) is 9.59 Å². The van der Waals surface area contributed by atoms with E-state index in [-0.39, 0.29) is 5.91 Å². The predicted octanol–water partition coefficient (Wildman–Crippen LogP) is 6.05. The molecule has 0 aliphatic carbocycles. The molecule has 1 unspecified atom stereocenters. The molecule has 2 N–H and O–H groups in total. The lowest BCUT2D eigenvalue weighted by Gasteiger charge is -2.07. The lowest BCUT2D eigenvalue weighted by Crippen LogP contribution is -2.38. The average Bonchev–Trinajstić information content (AvgIpc) is 2.69. The lowest BCUT2D eigenvalue weighted by molar-refractivity contribution is -0.141. The highest BCUT2D eigenvalue weighted by Gasteiger charge is 2.12. The number of nitrogens with one attached hydrogen (secondary N) is 1. The van der Waals surface area contributed by atoms with E-state index in [0.717, 1.165) is 38.5 Å². The average molecular weight is 400 g/mol. The van der Waals surface area contributed by atoms with Crippen LogP contribution in [0.5, 0.6) is 0 Å². The van der Waals surface area contributed by atoms with E-state index in [0.29, 0.717) is 12.8 Å². The van der Waals surface area contributed by atoms with E-state index in [2.05, 4.69) is 73.0 Å². The fourth-order valence-electron chi connectivity index (χ4n) is 2.23. The Morgan fingerprint density at radius 3 is 1.48 bits per heavy atom. The van der Waals surface area contributed by atoms with Gasteiger partial charge in [-0.15, -0.1) is 0 Å². The number of carboxylic acids is 1. The van der Waals surface area contributed by atoms with Crippen molar-refractivity contribution in [3.05, 3.63) is 72.9 Å². The van der Waals surface area contributed by atoms with E-state index < -0.39 is 12.0 Å². The number of allylic oxidation sites excluding steroid dienone is 12. The van der Waals surface area contributed by atoms with Crippen molar-refractivity contribution in [2.24, 2.45) is 0 Å². The van der Waals surface area contributed by atoms with Gasteiger partial charge in [-0.2, -0.15) is 0 Å². The van der Waals surface area contributed by atoms with Crippen molar-refractivity contribution in [3.63, 3.8) is 0 Å². The molecule has 0 saturated heterocycles. The Labute approximate surface area is 176 Å². The second-order valence-electron chi connectivity index (χ2n) is 6.58. The van der Waals surface area contributed by atoms with Gasteiger partial charge in [-0.1, -0.05) is 79.8 Å². The molecule has 0 bridgehead atoms. The fraction of sp³-hybridized carbons (Fsp3) is 0.440. The van der Waals surface area contributed by atoms with Gasteiger partial charge in [-0.25, -0.2) is 0 Å². The van der Waals surface area contributed by atoms with E-state index in [1.807, 2.05) is 12.2 Å². The number of carboxylic acid groups (broad SMARTS) is 1. The topological polar surface area (TPSA) is 66.4 Å². The number of rotatable bonds is 16. The minimum Gasteiger partial charge on any atom is -0.480 e. The van der Waals surface area contributed by atoms with E-state index >= 15 is 0 Å². The van der Waals surface area contributed by atoms with Crippen LogP contribution in [0.1, 0.15) is 65.2 Å². The molecule has 0 heterocycles. The van der Waals surface area contributed by atoms with Gasteiger partial charge < -0.3 is 10.4 Å². The SMILES string of the molecule is CCC=CCC=CCC=CCC=CCC=CCC=CCCC(=O)NC(C)C(=O)O. The summed E-state index contributed by atoms with van der Waals surface area (Å²) in [5.74, 6) is -1.26. The summed E-state index contributed by atoms with van der Waals surface area (Å²) >= 11 is 0. The molecule has 0 aliphatic heterocycles. The number of aliphatic carboxylic acids is 1. The molecule has 0 spiro atoms. The molecular formula is C25H37NO3. The van der Waals surface area contributed by atoms with Gasteiger partial charge >= 0.3 is 5.97 Å². The van der Waals surface area contributed by atoms with Crippen molar-refractivity contribution >= 4 is 11.9 Å². The molecule has 160 valence electrons. The van der Waals surface area contributed by atoms with Gasteiger partial charge in [0.1, 0.15) is 6.04 Å². The highest BCUT2D eigenvalue weighted by atomic mass is 16.4. The maximum atomic E-state index is 11.5. The molecule has 29 heavy (non-hydrogen) atoms. The van der Waals surface area contributed by atoms with E-state index in [4.69, 9.17) is 5.11 Å². The first-order chi connectivity index (χ1) is 14.1. The van der Waals surface area contributed by atoms with Gasteiger partial charge in [0, 0.05) is 6.42 Å². The van der Waals surface area contributed by atoms with E-state index in [1.165, 1.54) is 6.92 Å². The molecule has 0 saturated carbocycles. The van der Waals surface area contributed by atoms with Crippen LogP contribution in [-0.4, -0.2) is 23.0 Å². The van der Waals surface area contributed by atoms with Crippen molar-refractivity contribution in [2.75, 3.05) is 0 Å². The Hall–Kier alpha value is -2.62. The van der Waals surface area contributed by atoms with Gasteiger partial charge in [0.15, 0.2) is 0 Å². The summed E-state index contributed by atoms with van der Waals surface area (Å²) in [6.07, 6.45) is 32.4. The predicted molar refractivity (Wildman–Crippen MR) is 123 cm³/mol. The molecule has 0 rings (SSSR count). The van der Waals surface area contributed by atoms with Crippen LogP contribution in [-0.2, 0) is 9.59 Å². The van der Waals surface area contributed by atoms with Crippen molar-refractivity contribution in [2.45, 2.75) is 71.3 Å². The zero-order valence-corrected chi connectivity index (χ0v) is 17.9. The Kier molecular flexibility index (Phi) is 18.3. The molecule has 4 heteroatoms. The summed E-state index contributed by atoms with van der Waals surface area (Å²) in [5.41, 5.74) is 0. The van der Waals surface area contributed by atoms with Crippen molar-refractivity contribution in [1.82, 2.24) is 5.32 Å². The maximum Gasteiger partial charge on any atom is 0.325 e. The minimum atomic E-state index is -1.02. The molecule has 4 nitrogen and oxygen atoms in total. The van der Waals surface area contributed by atoms with Crippen LogP contribution in [0.15, 0.2) is 72.9 Å². The van der Waals surface area contributed by atoms with Crippen LogP contribution in [0.2, 0.25) is 0 Å². The zero-order chi connectivity index (χ0) is 21.6. The van der Waals surface area contributed by atoms with Crippen molar-refractivity contribution < 1.29 is 14.7 Å². The third-order valence-corrected chi connectivity index (χ3v) is 3.88. The molecule has 0 fully saturated rings. The zero-order valence-electron chi connectivity index (χ0n) is 17.9. The third kappa shape index (κ3) is 19.9. The number of hydrogen-bond acceptors (Lipinski definition) is 2. The molecule has 0 aromatic carbocycles. The summed E-state index contributed by atoms with van der Waals surface area (Å²) in [6, 6.07) is -0.840. The number of carbonyl (C=O) groups is 2. The Balaban J connectivity index is 3.64. The van der Waals surface area contributed by atoms with Gasteiger partial charge in [0.25, 0.3) is 0 Å². The first-order valence-corrected chi connectivity index (χ1v) is 10.5. The maximum absolute atomic E-state index is 11.5. The number of hydrogen-bond donors (Lipinski definition) is 2. The summed E-state index contributed by atoms with van der Waals surface area (Å²) < 4.78 is 0. The van der Waals surface area contributed by atoms with Crippen molar-refractivity contribution in [1.29, 1.82) is 0 Å². The molecule has 1 amide bonds. The summed E-state index contributed by atoms with van der Waals surface area (Å²) in [6.45, 7) is 3.60. The van der Waals surface area contributed by atoms with Gasteiger partial charge in [0.2, 0.25) is 5.91 Å². The van der Waals surface area contributed by atoms with Crippen LogP contribution in [0.3, 0.4) is 0 Å². The smallest absolute Gasteiger partial charge is 0.325 e. The van der Waals surface area contributed by atoms with Crippen LogP contribution < -0.4 is 5.32 Å². The normalized spacial score (nSPS) is 13.7. The standard InChI is InChI=1S/C25H37NO3/c1-3-4-5-6-7-8-9-10-11-12-13-14-15-16-17-18-19-20-21-22-24(27)26-23(2)25(28)29/h4-5,7-8,10-11,13-14,16-17,19-20,23H,3,6,9,12,15,18,21-22H2,1-2H3,(H,26,27)(H,28,29). The largest absolute Gasteiger partial charge is 0.480 e. The first-order valence-electron chi connectivity index (χ1n) is 10.5. The summed E-state index contributed by atoms with van der Waals surface area (Å²) in [7, 11) is 0. The minimum absolute atomic E-state index is 0.237. The Morgan fingerprint density at radius 1 is 0.724 bits per heavy atom. The molecular weight excluding hydrogens is 362 g/mol. The van der Waals surface area contributed by atoms with Crippen LogP contribution in [0.4, 0.5) is 0 Å². The van der Waals surface area contributed by atoms with Crippen LogP contribution in [0, 0.1) is 0 Å². The van der Waals surface area contributed by atoms with E-state index in [9.17, 15) is 9.59 Å². The highest BCUT2D eigenvalue weighted by molar-refractivity contribution is 5.83. The molecule has 1 atom stereocenters. The number of carbonyl (C=O) groups excluding carboxylic acids is 1. The second kappa shape index (κ2) is 20.1. The monoisotopic (exact) mass is 399 g/mol. The quantitative estimate of drug-likeness (QED) is 0.310. The molecule has 0 aliphatic rings. The summed E-state index contributed by atoms with van der Waals surface area (Å²) in [5, 5.41) is 11.2. The summed E-state index contributed by atoms with van der Waals surface area (Å²) in [4.78, 5) is 22.1. The highest BCUT2D eigenvalue weighted by Crippen LogP contribution is 1.98. The van der Waals surface area contributed by atoms with Gasteiger partial charge in [-0.05, 0) is 51.9 Å². The molecule has 0 aromatic heterocycles. The van der Waals surface area contributed by atoms with Crippen LogP contribution in [0.25, 0.3) is 0 Å². The molecule has 0 aromatic rings. The third-order valence-electron chi connectivity index (χ3n) is 3.88. The second-order valence-corrected chi connectivity index (χ2v) is 6.58.